The predicted molar refractivity (Wildman–Crippen MR) is 176 cm³/mol. The number of carbonyl (C=O) groups excluding carboxylic acids is 1. The Hall–Kier alpha value is -5.37. The van der Waals surface area contributed by atoms with E-state index in [0.717, 1.165) is 18.9 Å². The van der Waals surface area contributed by atoms with E-state index >= 15 is 4.39 Å². The van der Waals surface area contributed by atoms with E-state index in [0.29, 0.717) is 35.9 Å². The summed E-state index contributed by atoms with van der Waals surface area (Å²) in [5.74, 6) is -0.280. The molecule has 1 aliphatic rings. The summed E-state index contributed by atoms with van der Waals surface area (Å²) in [6.07, 6.45) is 10.2. The molecule has 1 saturated heterocycles. The second kappa shape index (κ2) is 16.3. The summed E-state index contributed by atoms with van der Waals surface area (Å²) in [5.41, 5.74) is 7.58. The molecule has 3 heterocycles. The molecule has 14 heteroatoms. The fraction of sp³-hybridized carbons (Fsp3) is 0.303. The molecule has 3 aromatic rings. The Bertz CT molecular complexity index is 1670. The summed E-state index contributed by atoms with van der Waals surface area (Å²) in [5, 5.41) is 6.59. The van der Waals surface area contributed by atoms with Crippen molar-refractivity contribution in [2.45, 2.75) is 38.8 Å². The highest BCUT2D eigenvalue weighted by Gasteiger charge is 2.24. The van der Waals surface area contributed by atoms with Crippen molar-refractivity contribution in [1.82, 2.24) is 25.2 Å². The number of piperidine rings is 1. The van der Waals surface area contributed by atoms with Crippen LogP contribution < -0.4 is 25.8 Å². The average molecular weight is 649 g/mol. The van der Waals surface area contributed by atoms with Crippen LogP contribution in [-0.2, 0) is 9.53 Å². The van der Waals surface area contributed by atoms with Crippen molar-refractivity contribution >= 4 is 35.4 Å². The Kier molecular flexibility index (Phi) is 11.9. The minimum Gasteiger partial charge on any atom is -0.499 e. The van der Waals surface area contributed by atoms with E-state index in [4.69, 9.17) is 19.9 Å². The highest BCUT2D eigenvalue weighted by Crippen LogP contribution is 2.27. The van der Waals surface area contributed by atoms with Crippen molar-refractivity contribution in [2.24, 2.45) is 10.7 Å². The minimum atomic E-state index is -0.654. The highest BCUT2D eigenvalue weighted by molar-refractivity contribution is 5.87. The Labute approximate surface area is 272 Å². The molecule has 47 heavy (non-hydrogen) atoms. The van der Waals surface area contributed by atoms with E-state index in [-0.39, 0.29) is 46.9 Å². The maximum absolute atomic E-state index is 15.1. The largest absolute Gasteiger partial charge is 0.499 e. The monoisotopic (exact) mass is 648 g/mol. The van der Waals surface area contributed by atoms with Crippen molar-refractivity contribution in [3.8, 4) is 11.6 Å². The van der Waals surface area contributed by atoms with E-state index in [9.17, 15) is 9.18 Å². The molecule has 2 aromatic heterocycles. The molecule has 1 atom stereocenters. The molecule has 0 spiro atoms. The number of pyridine rings is 1. The van der Waals surface area contributed by atoms with Gasteiger partial charge < -0.3 is 35.5 Å². The fourth-order valence-electron chi connectivity index (χ4n) is 4.85. The van der Waals surface area contributed by atoms with Crippen LogP contribution in [0, 0.1) is 18.6 Å². The van der Waals surface area contributed by atoms with Crippen LogP contribution in [0.15, 0.2) is 72.2 Å². The number of allylic oxidation sites excluding steroid dienone is 1. The first-order valence-corrected chi connectivity index (χ1v) is 14.8. The normalized spacial score (nSPS) is 15.0. The summed E-state index contributed by atoms with van der Waals surface area (Å²) in [6, 6.07) is 5.46. The van der Waals surface area contributed by atoms with Gasteiger partial charge >= 0.3 is 0 Å². The molecule has 1 fully saturated rings. The molecule has 248 valence electrons. The highest BCUT2D eigenvalue weighted by atomic mass is 19.1. The van der Waals surface area contributed by atoms with E-state index in [1.807, 2.05) is 19.9 Å². The zero-order valence-electron chi connectivity index (χ0n) is 26.7. The van der Waals surface area contributed by atoms with Crippen LogP contribution in [0.2, 0.25) is 0 Å². The molecule has 1 aliphatic heterocycles. The van der Waals surface area contributed by atoms with Crippen LogP contribution in [0.1, 0.15) is 31.0 Å². The number of hydrogen-bond acceptors (Lipinski definition) is 11. The molecule has 0 bridgehead atoms. The quantitative estimate of drug-likeness (QED) is 0.132. The van der Waals surface area contributed by atoms with Gasteiger partial charge in [0.05, 0.1) is 43.5 Å². The number of nitrogens with one attached hydrogen (secondary N) is 2. The zero-order chi connectivity index (χ0) is 33.9. The van der Waals surface area contributed by atoms with Gasteiger partial charge in [-0.25, -0.2) is 23.7 Å². The van der Waals surface area contributed by atoms with Crippen LogP contribution in [0.5, 0.6) is 11.6 Å². The number of likely N-dealkylation sites (tertiary alicyclic amines) is 1. The van der Waals surface area contributed by atoms with Crippen LogP contribution in [0.4, 0.5) is 26.0 Å². The van der Waals surface area contributed by atoms with Gasteiger partial charge in [0, 0.05) is 55.2 Å². The minimum absolute atomic E-state index is 0.0506. The number of aromatic nitrogens is 3. The molecule has 1 unspecified atom stereocenters. The first kappa shape index (κ1) is 34.5. The lowest BCUT2D eigenvalue weighted by atomic mass is 10.0. The molecule has 4 rings (SSSR count). The molecule has 1 aromatic carbocycles. The average Bonchev–Trinajstić information content (AvgIpc) is 3.06. The molecule has 4 N–H and O–H groups in total. The number of nitrogens with zero attached hydrogens (tertiary/aromatic N) is 5. The number of rotatable bonds is 13. The number of ether oxygens (including phenoxy) is 3. The summed E-state index contributed by atoms with van der Waals surface area (Å²) >= 11 is 0. The van der Waals surface area contributed by atoms with Crippen molar-refractivity contribution in [3.05, 3.63) is 90.1 Å². The Morgan fingerprint density at radius 3 is 2.60 bits per heavy atom. The summed E-state index contributed by atoms with van der Waals surface area (Å²) < 4.78 is 44.8. The van der Waals surface area contributed by atoms with Gasteiger partial charge in [0.1, 0.15) is 29.5 Å². The third-order valence-corrected chi connectivity index (χ3v) is 7.41. The molecule has 0 saturated carbocycles. The number of halogens is 2. The number of anilines is 2. The third kappa shape index (κ3) is 9.33. The SMILES string of the molecule is C=CC(=O)N1CCC(NC(C)/C(=C\c2ncnc(Nc3ccc(O/C(N)=C/C=Nc4cnc(OC)c(F)c4)cc3F)c2C)OC)CC1. The van der Waals surface area contributed by atoms with Gasteiger partial charge in [-0.2, -0.15) is 0 Å². The van der Waals surface area contributed by atoms with Crippen LogP contribution in [0.25, 0.3) is 6.08 Å². The van der Waals surface area contributed by atoms with E-state index in [1.54, 1.807) is 12.0 Å². The zero-order valence-corrected chi connectivity index (χ0v) is 26.7. The second-order valence-corrected chi connectivity index (χ2v) is 10.6. The lowest BCUT2D eigenvalue weighted by Gasteiger charge is -2.33. The maximum atomic E-state index is 15.1. The number of benzene rings is 1. The Morgan fingerprint density at radius 2 is 1.94 bits per heavy atom. The smallest absolute Gasteiger partial charge is 0.250 e. The Balaban J connectivity index is 1.38. The van der Waals surface area contributed by atoms with Crippen molar-refractivity contribution in [3.63, 3.8) is 0 Å². The molecule has 0 radical (unpaired) electrons. The maximum Gasteiger partial charge on any atom is 0.250 e. The van der Waals surface area contributed by atoms with Crippen LogP contribution in [0.3, 0.4) is 0 Å². The van der Waals surface area contributed by atoms with Crippen molar-refractivity contribution in [2.75, 3.05) is 32.6 Å². The number of aliphatic imine (C=N–C) groups is 1. The summed E-state index contributed by atoms with van der Waals surface area (Å²) in [7, 11) is 2.91. The van der Waals surface area contributed by atoms with Gasteiger partial charge in [-0.15, -0.1) is 0 Å². The van der Waals surface area contributed by atoms with Gasteiger partial charge in [0.2, 0.25) is 11.8 Å². The Morgan fingerprint density at radius 1 is 1.17 bits per heavy atom. The van der Waals surface area contributed by atoms with Gasteiger partial charge in [0.15, 0.2) is 11.7 Å². The number of nitrogens with two attached hydrogens (primary N) is 1. The van der Waals surface area contributed by atoms with Crippen LogP contribution in [-0.4, -0.2) is 71.4 Å². The first-order valence-electron chi connectivity index (χ1n) is 14.8. The fourth-order valence-corrected chi connectivity index (χ4v) is 4.85. The summed E-state index contributed by atoms with van der Waals surface area (Å²) in [6.45, 7) is 8.71. The second-order valence-electron chi connectivity index (χ2n) is 10.6. The number of carbonyl (C=O) groups is 1. The molecule has 0 aliphatic carbocycles. The van der Waals surface area contributed by atoms with E-state index < -0.39 is 11.6 Å². The topological polar surface area (TPSA) is 149 Å². The van der Waals surface area contributed by atoms with Gasteiger partial charge in [-0.3, -0.25) is 9.79 Å². The molecular formula is C33H38F2N8O4. The number of methoxy groups -OCH3 is 2. The standard InChI is InChI=1S/C33H38F2N8O4/c1-6-31(44)43-13-10-22(11-14-43)41-21(3)29(45-4)17-28-20(2)32(40-19-39-28)42-27-8-7-24(16-25(27)34)47-30(36)9-12-37-23-15-26(35)33(46-5)38-18-23/h6-9,12,15-19,21-22,41H,1,10-11,13-14,36H2,2-5H3,(H,39,40,42)/b29-17+,30-9+,37-12?. The van der Waals surface area contributed by atoms with E-state index in [1.165, 1.54) is 56.2 Å². The summed E-state index contributed by atoms with van der Waals surface area (Å²) in [4.78, 5) is 30.2. The van der Waals surface area contributed by atoms with Crippen LogP contribution >= 0.6 is 0 Å². The molecule has 1 amide bonds. The lowest BCUT2D eigenvalue weighted by molar-refractivity contribution is -0.127. The van der Waals surface area contributed by atoms with Gasteiger partial charge in [-0.1, -0.05) is 6.58 Å². The van der Waals surface area contributed by atoms with Gasteiger partial charge in [0.25, 0.3) is 0 Å². The third-order valence-electron chi connectivity index (χ3n) is 7.41. The predicted octanol–water partition coefficient (Wildman–Crippen LogP) is 4.93. The van der Waals surface area contributed by atoms with E-state index in [2.05, 4.69) is 37.2 Å². The first-order chi connectivity index (χ1) is 22.6. The lowest BCUT2D eigenvalue weighted by Crippen LogP contribution is -2.47. The van der Waals surface area contributed by atoms with Crippen molar-refractivity contribution < 1.29 is 27.8 Å². The van der Waals surface area contributed by atoms with Crippen molar-refractivity contribution in [1.29, 1.82) is 0 Å². The van der Waals surface area contributed by atoms with Gasteiger partial charge in [-0.05, 0) is 44.9 Å². The molecule has 12 nitrogen and oxygen atoms in total. The number of amides is 1. The molecular weight excluding hydrogens is 610 g/mol. The number of hydrogen-bond donors (Lipinski definition) is 3.